The number of hydrogen-bond donors (Lipinski definition) is 0. The minimum Gasteiger partial charge on any atom is -0.493 e. The number of benzene rings is 1. The van der Waals surface area contributed by atoms with Crippen molar-refractivity contribution < 1.29 is 9.47 Å². The van der Waals surface area contributed by atoms with Gasteiger partial charge in [0.25, 0.3) is 0 Å². The molecule has 1 aromatic rings. The molecule has 0 atom stereocenters. The molecule has 0 fully saturated rings. The minimum absolute atomic E-state index is 0.769. The molecule has 0 saturated heterocycles. The first-order valence-corrected chi connectivity index (χ1v) is 9.05. The van der Waals surface area contributed by atoms with Crippen molar-refractivity contribution in [2.75, 3.05) is 13.2 Å². The Kier molecular flexibility index (Phi) is 11.6. The second-order valence-corrected chi connectivity index (χ2v) is 5.83. The summed E-state index contributed by atoms with van der Waals surface area (Å²) in [5.74, 6) is 1.54. The Balaban J connectivity index is 2.07. The topological polar surface area (TPSA) is 18.5 Å². The van der Waals surface area contributed by atoms with Gasteiger partial charge in [-0.2, -0.15) is 0 Å². The lowest BCUT2D eigenvalue weighted by Crippen LogP contribution is -1.99. The zero-order valence-corrected chi connectivity index (χ0v) is 14.5. The zero-order chi connectivity index (χ0) is 15.9. The van der Waals surface area contributed by atoms with E-state index in [-0.39, 0.29) is 0 Å². The number of ether oxygens (including phenoxy) is 2. The quantitative estimate of drug-likeness (QED) is 0.393. The highest BCUT2D eigenvalue weighted by Gasteiger charge is 1.98. The highest BCUT2D eigenvalue weighted by Crippen LogP contribution is 2.17. The molecule has 2 nitrogen and oxygen atoms in total. The van der Waals surface area contributed by atoms with Crippen LogP contribution in [0.15, 0.2) is 12.1 Å². The van der Waals surface area contributed by atoms with E-state index >= 15 is 0 Å². The van der Waals surface area contributed by atoms with Crippen molar-refractivity contribution in [1.29, 1.82) is 0 Å². The van der Waals surface area contributed by atoms with Crippen LogP contribution in [-0.4, -0.2) is 13.2 Å². The van der Waals surface area contributed by atoms with Crippen LogP contribution in [0.3, 0.4) is 0 Å². The van der Waals surface area contributed by atoms with Crippen LogP contribution in [-0.2, 0) is 0 Å². The van der Waals surface area contributed by atoms with E-state index in [1.807, 2.05) is 12.1 Å². The van der Waals surface area contributed by atoms with Gasteiger partial charge in [0, 0.05) is 12.1 Å². The molecule has 1 aromatic carbocycles. The average Bonchev–Trinajstić information content (AvgIpc) is 2.55. The van der Waals surface area contributed by atoms with Crippen molar-refractivity contribution in [2.45, 2.75) is 78.1 Å². The summed E-state index contributed by atoms with van der Waals surface area (Å²) in [6.45, 7) is 6.00. The molecular weight excluding hydrogens is 272 g/mol. The molecule has 2 radical (unpaired) electrons. The predicted molar refractivity (Wildman–Crippen MR) is 92.6 cm³/mol. The Morgan fingerprint density at radius 1 is 0.636 bits per heavy atom. The third-order valence-electron chi connectivity index (χ3n) is 3.70. The highest BCUT2D eigenvalue weighted by molar-refractivity contribution is 5.28. The zero-order valence-electron chi connectivity index (χ0n) is 14.5. The van der Waals surface area contributed by atoms with E-state index in [2.05, 4.69) is 26.0 Å². The van der Waals surface area contributed by atoms with Crippen LogP contribution in [0.1, 0.15) is 78.1 Å². The van der Waals surface area contributed by atoms with Crippen LogP contribution >= 0.6 is 0 Å². The molecule has 1 rings (SSSR count). The molecule has 0 aliphatic rings. The third-order valence-corrected chi connectivity index (χ3v) is 3.70. The van der Waals surface area contributed by atoms with E-state index in [0.717, 1.165) is 37.6 Å². The molecule has 2 heteroatoms. The summed E-state index contributed by atoms with van der Waals surface area (Å²) in [7, 11) is 0. The van der Waals surface area contributed by atoms with Crippen LogP contribution in [0.5, 0.6) is 11.5 Å². The van der Waals surface area contributed by atoms with Crippen molar-refractivity contribution in [3.63, 3.8) is 0 Å². The molecule has 0 aliphatic carbocycles. The van der Waals surface area contributed by atoms with E-state index in [9.17, 15) is 0 Å². The molecule has 0 unspecified atom stereocenters. The normalized spacial score (nSPS) is 10.6. The summed E-state index contributed by atoms with van der Waals surface area (Å²) in [6.07, 6.45) is 12.5. The van der Waals surface area contributed by atoms with Gasteiger partial charge in [0.05, 0.1) is 13.2 Å². The van der Waals surface area contributed by atoms with Gasteiger partial charge in [-0.15, -0.1) is 0 Å². The summed E-state index contributed by atoms with van der Waals surface area (Å²) in [5.41, 5.74) is 0. The van der Waals surface area contributed by atoms with Crippen molar-refractivity contribution in [1.82, 2.24) is 0 Å². The first-order chi connectivity index (χ1) is 10.9. The summed E-state index contributed by atoms with van der Waals surface area (Å²) in [5, 5.41) is 0. The fraction of sp³-hybridized carbons (Fsp3) is 0.700. The standard InChI is InChI=1S/C20H32O2/c1-3-5-7-9-11-17-21-19-13-15-20(16-14-19)22-18-12-10-8-6-4-2/h13,16H,3-12,17-18H2,1-2H3. The van der Waals surface area contributed by atoms with E-state index in [0.29, 0.717) is 0 Å². The van der Waals surface area contributed by atoms with Crippen LogP contribution in [0.2, 0.25) is 0 Å². The van der Waals surface area contributed by atoms with Crippen molar-refractivity contribution in [2.24, 2.45) is 0 Å². The molecule has 0 aromatic heterocycles. The first kappa shape index (κ1) is 18.9. The molecule has 0 N–H and O–H groups in total. The number of unbranched alkanes of at least 4 members (excludes halogenated alkanes) is 8. The van der Waals surface area contributed by atoms with Crippen molar-refractivity contribution in [3.05, 3.63) is 24.3 Å². The molecule has 0 amide bonds. The Morgan fingerprint density at radius 3 is 1.41 bits per heavy atom. The van der Waals surface area contributed by atoms with Gasteiger partial charge in [-0.3, -0.25) is 0 Å². The Bertz CT molecular complexity index is 310. The van der Waals surface area contributed by atoms with E-state index in [4.69, 9.17) is 9.47 Å². The van der Waals surface area contributed by atoms with Gasteiger partial charge >= 0.3 is 0 Å². The number of hydrogen-bond acceptors (Lipinski definition) is 2. The van der Waals surface area contributed by atoms with E-state index in [1.54, 1.807) is 0 Å². The Morgan fingerprint density at radius 2 is 1.05 bits per heavy atom. The molecular formula is C20H32O2. The van der Waals surface area contributed by atoms with Gasteiger partial charge in [0.1, 0.15) is 11.5 Å². The second-order valence-electron chi connectivity index (χ2n) is 5.83. The van der Waals surface area contributed by atoms with Gasteiger partial charge < -0.3 is 9.47 Å². The smallest absolute Gasteiger partial charge is 0.128 e. The predicted octanol–water partition coefficient (Wildman–Crippen LogP) is 5.99. The summed E-state index contributed by atoms with van der Waals surface area (Å²) < 4.78 is 11.3. The van der Waals surface area contributed by atoms with Gasteiger partial charge in [0.2, 0.25) is 0 Å². The Hall–Kier alpha value is -1.18. The van der Waals surface area contributed by atoms with Gasteiger partial charge in [-0.05, 0) is 25.0 Å². The third kappa shape index (κ3) is 9.70. The maximum absolute atomic E-state index is 5.67. The lowest BCUT2D eigenvalue weighted by molar-refractivity contribution is 0.295. The van der Waals surface area contributed by atoms with Gasteiger partial charge in [-0.1, -0.05) is 65.2 Å². The molecule has 22 heavy (non-hydrogen) atoms. The van der Waals surface area contributed by atoms with Gasteiger partial charge in [0.15, 0.2) is 0 Å². The van der Waals surface area contributed by atoms with E-state index < -0.39 is 0 Å². The lowest BCUT2D eigenvalue weighted by Gasteiger charge is -2.08. The Labute approximate surface area is 137 Å². The van der Waals surface area contributed by atoms with E-state index in [1.165, 1.54) is 51.4 Å². The maximum Gasteiger partial charge on any atom is 0.128 e. The molecule has 0 heterocycles. The SMILES string of the molecule is CCCCCCCOc1[c]cc(OCCCCCCC)[c]c1. The summed E-state index contributed by atoms with van der Waals surface area (Å²) in [4.78, 5) is 0. The summed E-state index contributed by atoms with van der Waals surface area (Å²) >= 11 is 0. The molecule has 124 valence electrons. The second kappa shape index (κ2) is 13.5. The van der Waals surface area contributed by atoms with Crippen LogP contribution < -0.4 is 9.47 Å². The molecule has 0 saturated carbocycles. The fourth-order valence-electron chi connectivity index (χ4n) is 2.30. The highest BCUT2D eigenvalue weighted by atomic mass is 16.5. The van der Waals surface area contributed by atoms with Crippen molar-refractivity contribution >= 4 is 0 Å². The van der Waals surface area contributed by atoms with Gasteiger partial charge in [-0.25, -0.2) is 0 Å². The van der Waals surface area contributed by atoms with Crippen LogP contribution in [0.4, 0.5) is 0 Å². The van der Waals surface area contributed by atoms with Crippen LogP contribution in [0, 0.1) is 12.1 Å². The maximum atomic E-state index is 5.67. The minimum atomic E-state index is 0.769. The average molecular weight is 304 g/mol. The largest absolute Gasteiger partial charge is 0.493 e. The first-order valence-electron chi connectivity index (χ1n) is 9.05. The lowest BCUT2D eigenvalue weighted by atomic mass is 10.2. The monoisotopic (exact) mass is 304 g/mol. The molecule has 0 spiro atoms. The van der Waals surface area contributed by atoms with Crippen LogP contribution in [0.25, 0.3) is 0 Å². The van der Waals surface area contributed by atoms with Crippen molar-refractivity contribution in [3.8, 4) is 11.5 Å². The summed E-state index contributed by atoms with van der Waals surface area (Å²) in [6, 6.07) is 9.91. The number of rotatable bonds is 14. The molecule has 0 aliphatic heterocycles. The molecule has 0 bridgehead atoms. The fourth-order valence-corrected chi connectivity index (χ4v) is 2.30.